The first-order valence-electron chi connectivity index (χ1n) is 8.60. The van der Waals surface area contributed by atoms with Gasteiger partial charge < -0.3 is 10.2 Å². The monoisotopic (exact) mass is 438 g/mol. The molecule has 0 radical (unpaired) electrons. The number of alkyl halides is 6. The van der Waals surface area contributed by atoms with Gasteiger partial charge in [-0.3, -0.25) is 14.1 Å². The summed E-state index contributed by atoms with van der Waals surface area (Å²) in [6.07, 6.45) is -7.76. The maximum absolute atomic E-state index is 12.7. The van der Waals surface area contributed by atoms with Crippen molar-refractivity contribution in [3.8, 4) is 5.82 Å². The number of hydrogen-bond donors (Lipinski definition) is 1. The molecule has 14 heteroatoms. The summed E-state index contributed by atoms with van der Waals surface area (Å²) in [5.74, 6) is -0.267. The lowest BCUT2D eigenvalue weighted by Crippen LogP contribution is -2.64. The molecular formula is C16H16F6N6O2. The third-order valence-electron chi connectivity index (χ3n) is 4.50. The van der Waals surface area contributed by atoms with Gasteiger partial charge in [-0.1, -0.05) is 0 Å². The second-order valence-corrected chi connectivity index (χ2v) is 6.62. The van der Waals surface area contributed by atoms with Gasteiger partial charge in [0.25, 0.3) is 0 Å². The van der Waals surface area contributed by atoms with Crippen LogP contribution in [0.1, 0.15) is 19.5 Å². The Morgan fingerprint density at radius 1 is 1.23 bits per heavy atom. The van der Waals surface area contributed by atoms with Gasteiger partial charge in [-0.25, -0.2) is 15.0 Å². The first-order valence-corrected chi connectivity index (χ1v) is 8.60. The van der Waals surface area contributed by atoms with Crippen molar-refractivity contribution in [1.29, 1.82) is 0 Å². The van der Waals surface area contributed by atoms with Gasteiger partial charge in [-0.05, 0) is 13.8 Å². The van der Waals surface area contributed by atoms with Gasteiger partial charge in [0.2, 0.25) is 5.91 Å². The van der Waals surface area contributed by atoms with Crippen molar-refractivity contribution in [2.24, 2.45) is 0 Å². The SMILES string of the molecule is C[C@@H](Nc1cc(-n2cnc(C(F)(F)F)c2)ncn1)C(=O)N1C[C@H](OC(F)(F)F)[C@@H]1C. The average Bonchev–Trinajstić information content (AvgIpc) is 3.14. The molecule has 0 spiro atoms. The third kappa shape index (κ3) is 4.80. The van der Waals surface area contributed by atoms with E-state index in [9.17, 15) is 31.1 Å². The number of carbonyl (C=O) groups is 1. The number of nitrogens with one attached hydrogen (secondary N) is 1. The van der Waals surface area contributed by atoms with Crippen molar-refractivity contribution in [1.82, 2.24) is 24.4 Å². The van der Waals surface area contributed by atoms with Crippen LogP contribution in [-0.4, -0.2) is 61.4 Å². The number of aromatic nitrogens is 4. The standard InChI is InChI=1S/C16H16F6N6O2/c1-8(14(29)28-4-10(9(28)2)30-16(20,21)22)26-12-3-13(24-6-23-12)27-5-11(25-7-27)15(17,18)19/h3,5-10H,4H2,1-2H3,(H,23,24,26)/t8-,9+,10+/m1/s1. The van der Waals surface area contributed by atoms with Crippen molar-refractivity contribution in [3.63, 3.8) is 0 Å². The number of carbonyl (C=O) groups excluding carboxylic acids is 1. The number of hydrogen-bond acceptors (Lipinski definition) is 6. The molecule has 0 bridgehead atoms. The number of rotatable bonds is 5. The van der Waals surface area contributed by atoms with E-state index in [4.69, 9.17) is 0 Å². The van der Waals surface area contributed by atoms with Crippen LogP contribution >= 0.6 is 0 Å². The van der Waals surface area contributed by atoms with Crippen LogP contribution in [0.25, 0.3) is 5.82 Å². The number of likely N-dealkylation sites (tertiary alicyclic amines) is 1. The highest BCUT2D eigenvalue weighted by molar-refractivity contribution is 5.85. The molecule has 1 N–H and O–H groups in total. The fraction of sp³-hybridized carbons (Fsp3) is 0.500. The number of ether oxygens (including phenoxy) is 1. The molecule has 0 aliphatic carbocycles. The number of amides is 1. The lowest BCUT2D eigenvalue weighted by atomic mass is 10.00. The zero-order chi connectivity index (χ0) is 22.3. The second-order valence-electron chi connectivity index (χ2n) is 6.62. The van der Waals surface area contributed by atoms with E-state index in [1.165, 1.54) is 24.8 Å². The van der Waals surface area contributed by atoms with Gasteiger partial charge in [0, 0.05) is 18.8 Å². The molecule has 0 saturated carbocycles. The highest BCUT2D eigenvalue weighted by Crippen LogP contribution is 2.30. The molecule has 1 saturated heterocycles. The van der Waals surface area contributed by atoms with Crippen molar-refractivity contribution < 1.29 is 35.9 Å². The molecule has 1 fully saturated rings. The lowest BCUT2D eigenvalue weighted by Gasteiger charge is -2.46. The molecule has 3 heterocycles. The van der Waals surface area contributed by atoms with Gasteiger partial charge in [0.15, 0.2) is 5.69 Å². The molecule has 0 aromatic carbocycles. The summed E-state index contributed by atoms with van der Waals surface area (Å²) in [5.41, 5.74) is -1.10. The van der Waals surface area contributed by atoms with E-state index in [1.807, 2.05) is 0 Å². The zero-order valence-corrected chi connectivity index (χ0v) is 15.6. The Morgan fingerprint density at radius 2 is 1.93 bits per heavy atom. The van der Waals surface area contributed by atoms with Crippen LogP contribution in [0.15, 0.2) is 24.9 Å². The normalized spacial score (nSPS) is 20.6. The molecule has 3 rings (SSSR count). The average molecular weight is 438 g/mol. The zero-order valence-electron chi connectivity index (χ0n) is 15.6. The smallest absolute Gasteiger partial charge is 0.358 e. The highest BCUT2D eigenvalue weighted by Gasteiger charge is 2.46. The topological polar surface area (TPSA) is 85.2 Å². The largest absolute Gasteiger partial charge is 0.522 e. The van der Waals surface area contributed by atoms with Crippen LogP contribution in [-0.2, 0) is 15.7 Å². The van der Waals surface area contributed by atoms with Crippen molar-refractivity contribution in [2.45, 2.75) is 44.6 Å². The summed E-state index contributed by atoms with van der Waals surface area (Å²) in [6.45, 7) is 2.70. The number of anilines is 1. The Labute approximate surface area is 165 Å². The van der Waals surface area contributed by atoms with Gasteiger partial charge in [-0.15, -0.1) is 13.2 Å². The Bertz CT molecular complexity index is 914. The third-order valence-corrected chi connectivity index (χ3v) is 4.50. The minimum absolute atomic E-state index is 0.0751. The van der Waals surface area contributed by atoms with Gasteiger partial charge >= 0.3 is 12.5 Å². The maximum Gasteiger partial charge on any atom is 0.522 e. The number of nitrogens with zero attached hydrogens (tertiary/aromatic N) is 5. The van der Waals surface area contributed by atoms with Gasteiger partial charge in [0.05, 0.1) is 6.04 Å². The molecular weight excluding hydrogens is 422 g/mol. The Balaban J connectivity index is 1.64. The Morgan fingerprint density at radius 3 is 2.50 bits per heavy atom. The molecule has 1 amide bonds. The van der Waals surface area contributed by atoms with Crippen LogP contribution in [0.2, 0.25) is 0 Å². The molecule has 164 valence electrons. The molecule has 1 aliphatic rings. The van der Waals surface area contributed by atoms with E-state index in [1.54, 1.807) is 0 Å². The summed E-state index contributed by atoms with van der Waals surface area (Å²) in [6, 6.07) is -0.326. The Kier molecular flexibility index (Phi) is 5.62. The lowest BCUT2D eigenvalue weighted by molar-refractivity contribution is -0.359. The summed E-state index contributed by atoms with van der Waals surface area (Å²) in [7, 11) is 0. The minimum Gasteiger partial charge on any atom is -0.358 e. The highest BCUT2D eigenvalue weighted by atomic mass is 19.4. The van der Waals surface area contributed by atoms with Gasteiger partial charge in [0.1, 0.15) is 36.4 Å². The van der Waals surface area contributed by atoms with Crippen molar-refractivity contribution in [3.05, 3.63) is 30.6 Å². The van der Waals surface area contributed by atoms with Gasteiger partial charge in [-0.2, -0.15) is 13.2 Å². The molecule has 2 aromatic rings. The van der Waals surface area contributed by atoms with Crippen LogP contribution in [0.3, 0.4) is 0 Å². The summed E-state index contributed by atoms with van der Waals surface area (Å²) >= 11 is 0. The Hall–Kier alpha value is -2.90. The predicted octanol–water partition coefficient (Wildman–Crippen LogP) is 2.62. The van der Waals surface area contributed by atoms with Crippen LogP contribution in [0.4, 0.5) is 32.2 Å². The quantitative estimate of drug-likeness (QED) is 0.723. The van der Waals surface area contributed by atoms with E-state index >= 15 is 0 Å². The second kappa shape index (κ2) is 7.74. The summed E-state index contributed by atoms with van der Waals surface area (Å²) in [4.78, 5) is 24.7. The van der Waals surface area contributed by atoms with Crippen molar-refractivity contribution in [2.75, 3.05) is 11.9 Å². The fourth-order valence-corrected chi connectivity index (χ4v) is 2.87. The minimum atomic E-state index is -4.78. The van der Waals surface area contributed by atoms with E-state index in [2.05, 4.69) is 25.0 Å². The molecule has 3 atom stereocenters. The molecule has 8 nitrogen and oxygen atoms in total. The van der Waals surface area contributed by atoms with Crippen LogP contribution < -0.4 is 5.32 Å². The molecule has 30 heavy (non-hydrogen) atoms. The molecule has 2 aromatic heterocycles. The number of halogens is 6. The first kappa shape index (κ1) is 21.8. The number of imidazole rings is 1. The van der Waals surface area contributed by atoms with Crippen LogP contribution in [0, 0.1) is 0 Å². The van der Waals surface area contributed by atoms with E-state index in [0.29, 0.717) is 0 Å². The first-order chi connectivity index (χ1) is 13.8. The fourth-order valence-electron chi connectivity index (χ4n) is 2.87. The van der Waals surface area contributed by atoms with E-state index in [-0.39, 0.29) is 18.2 Å². The summed E-state index contributed by atoms with van der Waals surface area (Å²) < 4.78 is 79.9. The molecule has 0 unspecified atom stereocenters. The van der Waals surface area contributed by atoms with E-state index in [0.717, 1.165) is 23.4 Å². The predicted molar refractivity (Wildman–Crippen MR) is 89.3 cm³/mol. The van der Waals surface area contributed by atoms with Crippen molar-refractivity contribution >= 4 is 11.7 Å². The van der Waals surface area contributed by atoms with Crippen LogP contribution in [0.5, 0.6) is 0 Å². The maximum atomic E-state index is 12.7. The van der Waals surface area contributed by atoms with E-state index < -0.39 is 42.3 Å². The molecule has 1 aliphatic heterocycles. The summed E-state index contributed by atoms with van der Waals surface area (Å²) in [5, 5.41) is 2.76.